The van der Waals surface area contributed by atoms with Crippen molar-refractivity contribution in [2.24, 2.45) is 28.2 Å². The Morgan fingerprint density at radius 2 is 1.74 bits per heavy atom. The fourth-order valence-corrected chi connectivity index (χ4v) is 8.06. The van der Waals surface area contributed by atoms with Crippen LogP contribution in [0.3, 0.4) is 0 Å². The maximum Gasteiger partial charge on any atom is 0.254 e. The van der Waals surface area contributed by atoms with Crippen LogP contribution in [0.2, 0.25) is 0 Å². The number of carbonyl (C=O) groups is 1. The molecule has 4 nitrogen and oxygen atoms in total. The highest BCUT2D eigenvalue weighted by molar-refractivity contribution is 7.12. The van der Waals surface area contributed by atoms with Crippen LogP contribution in [0.15, 0.2) is 59.7 Å². The molecule has 7 rings (SSSR count). The monoisotopic (exact) mass is 490 g/mol. The fraction of sp³-hybridized carbons (Fsp3) is 0.448. The van der Waals surface area contributed by atoms with E-state index in [0.29, 0.717) is 41.3 Å². The normalized spacial score (nSPS) is 27.5. The number of thiazole rings is 1. The largest absolute Gasteiger partial charge is 0.383 e. The maximum atomic E-state index is 15.1. The molecule has 4 saturated carbocycles. The molecule has 0 aliphatic heterocycles. The van der Waals surface area contributed by atoms with E-state index in [1.807, 2.05) is 53.2 Å². The number of aromatic nitrogens is 1. The van der Waals surface area contributed by atoms with Gasteiger partial charge in [-0.3, -0.25) is 4.79 Å². The first kappa shape index (κ1) is 22.9. The molecule has 0 atom stereocenters. The molecule has 0 spiro atoms. The van der Waals surface area contributed by atoms with Gasteiger partial charge in [0, 0.05) is 25.4 Å². The molecule has 4 aliphatic rings. The van der Waals surface area contributed by atoms with Crippen molar-refractivity contribution >= 4 is 17.2 Å². The van der Waals surface area contributed by atoms with Crippen LogP contribution in [0.1, 0.15) is 38.5 Å². The summed E-state index contributed by atoms with van der Waals surface area (Å²) in [6, 6.07) is 14.9. The molecule has 6 heteroatoms. The van der Waals surface area contributed by atoms with Crippen molar-refractivity contribution in [1.82, 2.24) is 4.57 Å². The third kappa shape index (κ3) is 4.31. The molecular weight excluding hydrogens is 459 g/mol. The third-order valence-corrected chi connectivity index (χ3v) is 9.35. The number of benzene rings is 2. The van der Waals surface area contributed by atoms with Gasteiger partial charge in [0.1, 0.15) is 5.82 Å². The second-order valence-electron chi connectivity index (χ2n) is 10.7. The van der Waals surface area contributed by atoms with Gasteiger partial charge in [-0.2, -0.15) is 4.99 Å². The summed E-state index contributed by atoms with van der Waals surface area (Å²) in [5.41, 5.74) is 1.97. The average Bonchev–Trinajstić information content (AvgIpc) is 3.25. The summed E-state index contributed by atoms with van der Waals surface area (Å²) < 4.78 is 22.4. The van der Waals surface area contributed by atoms with Crippen LogP contribution in [-0.4, -0.2) is 24.2 Å². The predicted molar refractivity (Wildman–Crippen MR) is 136 cm³/mol. The average molecular weight is 491 g/mol. The predicted octanol–water partition coefficient (Wildman–Crippen LogP) is 6.31. The number of ether oxygens (including phenoxy) is 1. The van der Waals surface area contributed by atoms with E-state index in [4.69, 9.17) is 9.73 Å². The number of rotatable bonds is 6. The number of nitrogens with zero attached hydrogens (tertiary/aromatic N) is 2. The summed E-state index contributed by atoms with van der Waals surface area (Å²) >= 11 is 1.46. The van der Waals surface area contributed by atoms with Crippen LogP contribution in [-0.2, 0) is 16.1 Å². The lowest BCUT2D eigenvalue weighted by atomic mass is 9.49. The van der Waals surface area contributed by atoms with E-state index in [-0.39, 0.29) is 17.1 Å². The second-order valence-corrected chi connectivity index (χ2v) is 11.7. The minimum absolute atomic E-state index is 0.0572. The zero-order valence-corrected chi connectivity index (χ0v) is 20.9. The SMILES string of the molecule is COCCn1cc(-c2ccc(-c3ccccc3)c(F)c2)sc1=NC(=O)C12CC3CC(CC(C3)C1)C2. The molecule has 35 heavy (non-hydrogen) atoms. The Morgan fingerprint density at radius 3 is 2.37 bits per heavy atom. The molecule has 1 heterocycles. The number of hydrogen-bond acceptors (Lipinski definition) is 3. The summed E-state index contributed by atoms with van der Waals surface area (Å²) in [6.45, 7) is 1.13. The van der Waals surface area contributed by atoms with Crippen molar-refractivity contribution in [3.63, 3.8) is 0 Å². The fourth-order valence-electron chi connectivity index (χ4n) is 7.05. The Morgan fingerprint density at radius 1 is 1.06 bits per heavy atom. The van der Waals surface area contributed by atoms with Gasteiger partial charge in [0.2, 0.25) is 0 Å². The second kappa shape index (κ2) is 9.14. The van der Waals surface area contributed by atoms with Gasteiger partial charge in [-0.1, -0.05) is 53.8 Å². The van der Waals surface area contributed by atoms with E-state index in [0.717, 1.165) is 35.3 Å². The highest BCUT2D eigenvalue weighted by atomic mass is 32.1. The maximum absolute atomic E-state index is 15.1. The minimum atomic E-state index is -0.262. The molecule has 182 valence electrons. The van der Waals surface area contributed by atoms with Crippen LogP contribution in [0, 0.1) is 29.0 Å². The Labute approximate surface area is 209 Å². The lowest BCUT2D eigenvalue weighted by Gasteiger charge is -2.55. The van der Waals surface area contributed by atoms with E-state index >= 15 is 4.39 Å². The minimum Gasteiger partial charge on any atom is -0.383 e. The molecule has 0 unspecified atom stereocenters. The number of halogens is 1. The molecule has 3 aromatic rings. The van der Waals surface area contributed by atoms with Crippen LogP contribution in [0.4, 0.5) is 4.39 Å². The zero-order valence-electron chi connectivity index (χ0n) is 20.1. The quantitative estimate of drug-likeness (QED) is 0.406. The molecule has 0 N–H and O–H groups in total. The van der Waals surface area contributed by atoms with E-state index < -0.39 is 0 Å². The van der Waals surface area contributed by atoms with Crippen molar-refractivity contribution in [1.29, 1.82) is 0 Å². The number of hydrogen-bond donors (Lipinski definition) is 0. The van der Waals surface area contributed by atoms with Crippen LogP contribution in [0.5, 0.6) is 0 Å². The lowest BCUT2D eigenvalue weighted by molar-refractivity contribution is -0.142. The van der Waals surface area contributed by atoms with Crippen molar-refractivity contribution in [2.45, 2.75) is 45.1 Å². The van der Waals surface area contributed by atoms with Crippen molar-refractivity contribution in [3.8, 4) is 21.6 Å². The van der Waals surface area contributed by atoms with E-state index in [2.05, 4.69) is 0 Å². The zero-order chi connectivity index (χ0) is 24.0. The molecule has 1 amide bonds. The number of methoxy groups -OCH3 is 1. The van der Waals surface area contributed by atoms with Crippen molar-refractivity contribution < 1.29 is 13.9 Å². The molecule has 4 aliphatic carbocycles. The van der Waals surface area contributed by atoms with E-state index in [1.165, 1.54) is 30.6 Å². The standard InChI is InChI=1S/C29H31FN2O2S/c1-34-10-9-32-18-26(23-7-8-24(25(30)14-23)22-5-3-2-4-6-22)35-28(32)31-27(33)29-15-19-11-20(16-29)13-21(12-19)17-29/h2-8,14,18-21H,9-13,15-17H2,1H3. The lowest BCUT2D eigenvalue weighted by Crippen LogP contribution is -2.49. The first-order valence-electron chi connectivity index (χ1n) is 12.7. The molecule has 2 aromatic carbocycles. The third-order valence-electron chi connectivity index (χ3n) is 8.28. The van der Waals surface area contributed by atoms with Gasteiger partial charge in [0.25, 0.3) is 5.91 Å². The smallest absolute Gasteiger partial charge is 0.254 e. The Balaban J connectivity index is 1.34. The van der Waals surface area contributed by atoms with E-state index in [1.54, 1.807) is 13.2 Å². The molecule has 1 aromatic heterocycles. The van der Waals surface area contributed by atoms with Gasteiger partial charge in [-0.15, -0.1) is 0 Å². The molecule has 0 radical (unpaired) electrons. The van der Waals surface area contributed by atoms with Gasteiger partial charge < -0.3 is 9.30 Å². The van der Waals surface area contributed by atoms with Crippen molar-refractivity contribution in [3.05, 3.63) is 65.3 Å². The number of carbonyl (C=O) groups excluding carboxylic acids is 1. The summed E-state index contributed by atoms with van der Waals surface area (Å²) in [5.74, 6) is 1.90. The Hall–Kier alpha value is -2.57. The summed E-state index contributed by atoms with van der Waals surface area (Å²) in [4.78, 5) is 19.9. The van der Waals surface area contributed by atoms with Gasteiger partial charge in [0.15, 0.2) is 4.80 Å². The molecule has 4 fully saturated rings. The van der Waals surface area contributed by atoms with E-state index in [9.17, 15) is 4.79 Å². The molecule has 4 bridgehead atoms. The van der Waals surface area contributed by atoms with Crippen LogP contribution in [0.25, 0.3) is 21.6 Å². The topological polar surface area (TPSA) is 43.6 Å². The Bertz CT molecular complexity index is 1270. The Kier molecular flexibility index (Phi) is 5.97. The molecular formula is C29H31FN2O2S. The first-order chi connectivity index (χ1) is 17.0. The van der Waals surface area contributed by atoms with Crippen molar-refractivity contribution in [2.75, 3.05) is 13.7 Å². The summed E-state index contributed by atoms with van der Waals surface area (Å²) in [5, 5.41) is 0. The molecule has 0 saturated heterocycles. The van der Waals surface area contributed by atoms with Crippen LogP contribution < -0.4 is 4.80 Å². The van der Waals surface area contributed by atoms with Gasteiger partial charge in [0.05, 0.1) is 16.9 Å². The first-order valence-corrected chi connectivity index (χ1v) is 13.5. The van der Waals surface area contributed by atoms with Gasteiger partial charge >= 0.3 is 0 Å². The van der Waals surface area contributed by atoms with Gasteiger partial charge in [-0.25, -0.2) is 4.39 Å². The number of amides is 1. The highest BCUT2D eigenvalue weighted by Gasteiger charge is 2.54. The summed E-state index contributed by atoms with van der Waals surface area (Å²) in [6.07, 6.45) is 8.89. The highest BCUT2D eigenvalue weighted by Crippen LogP contribution is 2.60. The van der Waals surface area contributed by atoms with Gasteiger partial charge in [-0.05, 0) is 73.5 Å². The van der Waals surface area contributed by atoms with Crippen LogP contribution >= 0.6 is 11.3 Å². The summed E-state index contributed by atoms with van der Waals surface area (Å²) in [7, 11) is 1.67.